The number of nitriles is 1. The van der Waals surface area contributed by atoms with Crippen LogP contribution in [0.25, 0.3) is 0 Å². The van der Waals surface area contributed by atoms with Crippen molar-refractivity contribution in [2.45, 2.75) is 18.9 Å². The van der Waals surface area contributed by atoms with Crippen molar-refractivity contribution in [2.24, 2.45) is 10.7 Å². The van der Waals surface area contributed by atoms with Gasteiger partial charge in [-0.05, 0) is 28.8 Å². The molecule has 1 aromatic carbocycles. The molecule has 0 atom stereocenters. The molecular weight excluding hydrogens is 361 g/mol. The topological polar surface area (TPSA) is 71.4 Å². The lowest BCUT2D eigenvalue weighted by Crippen LogP contribution is -2.11. The minimum Gasteiger partial charge on any atom is -0.489 e. The Balaban J connectivity index is 2.67. The van der Waals surface area contributed by atoms with Crippen molar-refractivity contribution in [1.29, 1.82) is 5.26 Å². The molecule has 0 aliphatic heterocycles. The standard InChI is InChI=1S/C14H12BrClFN3O/c1-20-14(9(15)6-19)12-8(5-18)11(21-7-2-3-7)4-10(16)13(12)17/h4,6-7H,2-3,19H2,1H3. The van der Waals surface area contributed by atoms with Gasteiger partial charge in [0.1, 0.15) is 17.4 Å². The Labute approximate surface area is 135 Å². The van der Waals surface area contributed by atoms with Crippen molar-refractivity contribution in [3.8, 4) is 11.8 Å². The third kappa shape index (κ3) is 3.20. The summed E-state index contributed by atoms with van der Waals surface area (Å²) in [7, 11) is 1.48. The number of benzene rings is 1. The number of rotatable bonds is 4. The van der Waals surface area contributed by atoms with E-state index in [2.05, 4.69) is 20.9 Å². The number of nitrogens with zero attached hydrogens (tertiary/aromatic N) is 2. The molecule has 0 radical (unpaired) electrons. The average molecular weight is 373 g/mol. The van der Waals surface area contributed by atoms with Gasteiger partial charge >= 0.3 is 0 Å². The van der Waals surface area contributed by atoms with Gasteiger partial charge in [-0.25, -0.2) is 4.39 Å². The summed E-state index contributed by atoms with van der Waals surface area (Å²) in [5.74, 6) is -0.462. The molecule has 0 saturated heterocycles. The van der Waals surface area contributed by atoms with E-state index in [9.17, 15) is 9.65 Å². The molecule has 0 bridgehead atoms. The van der Waals surface area contributed by atoms with Crippen LogP contribution < -0.4 is 10.5 Å². The Kier molecular flexibility index (Phi) is 4.86. The van der Waals surface area contributed by atoms with E-state index in [-0.39, 0.29) is 33.7 Å². The number of halogens is 3. The molecule has 0 heterocycles. The Morgan fingerprint density at radius 2 is 2.33 bits per heavy atom. The van der Waals surface area contributed by atoms with Gasteiger partial charge in [0.25, 0.3) is 0 Å². The van der Waals surface area contributed by atoms with Gasteiger partial charge in [0, 0.05) is 19.3 Å². The average Bonchev–Trinajstić information content (AvgIpc) is 3.28. The summed E-state index contributed by atoms with van der Waals surface area (Å²) < 4.78 is 20.4. The lowest BCUT2D eigenvalue weighted by atomic mass is 10.0. The van der Waals surface area contributed by atoms with E-state index in [0.29, 0.717) is 4.48 Å². The number of hydrogen-bond donors (Lipinski definition) is 1. The smallest absolute Gasteiger partial charge is 0.152 e. The van der Waals surface area contributed by atoms with Crippen LogP contribution in [0.2, 0.25) is 5.02 Å². The van der Waals surface area contributed by atoms with Gasteiger partial charge < -0.3 is 10.5 Å². The first kappa shape index (κ1) is 15.8. The summed E-state index contributed by atoms with van der Waals surface area (Å²) in [6.45, 7) is 0. The lowest BCUT2D eigenvalue weighted by molar-refractivity contribution is 0.302. The first-order chi connectivity index (χ1) is 10.0. The van der Waals surface area contributed by atoms with Gasteiger partial charge in [0.15, 0.2) is 5.82 Å². The van der Waals surface area contributed by atoms with Crippen LogP contribution in [0.15, 0.2) is 21.7 Å². The number of nitrogens with two attached hydrogens (primary N) is 1. The SMILES string of the molecule is CN=C(C(Br)=CN)c1c(F)c(Cl)cc(OC2CC2)c1C#N. The van der Waals surface area contributed by atoms with Crippen molar-refractivity contribution in [3.05, 3.63) is 38.7 Å². The minimum absolute atomic E-state index is 0.0169. The normalized spacial score (nSPS) is 15.8. The fourth-order valence-electron chi connectivity index (χ4n) is 1.81. The maximum atomic E-state index is 14.4. The second-order valence-electron chi connectivity index (χ2n) is 4.44. The molecule has 0 unspecified atom stereocenters. The molecule has 1 saturated carbocycles. The highest BCUT2D eigenvalue weighted by molar-refractivity contribution is 9.12. The van der Waals surface area contributed by atoms with Crippen LogP contribution in [0.3, 0.4) is 0 Å². The predicted molar refractivity (Wildman–Crippen MR) is 83.4 cm³/mol. The first-order valence-electron chi connectivity index (χ1n) is 6.17. The molecule has 1 aliphatic rings. The third-order valence-corrected chi connectivity index (χ3v) is 3.86. The van der Waals surface area contributed by atoms with Gasteiger partial charge in [-0.3, -0.25) is 4.99 Å². The van der Waals surface area contributed by atoms with Crippen molar-refractivity contribution < 1.29 is 9.13 Å². The molecule has 7 heteroatoms. The molecule has 4 nitrogen and oxygen atoms in total. The summed E-state index contributed by atoms with van der Waals surface area (Å²) in [6.07, 6.45) is 3.11. The second kappa shape index (κ2) is 6.46. The van der Waals surface area contributed by atoms with E-state index in [4.69, 9.17) is 22.1 Å². The summed E-state index contributed by atoms with van der Waals surface area (Å²) in [4.78, 5) is 3.99. The van der Waals surface area contributed by atoms with Crippen molar-refractivity contribution in [3.63, 3.8) is 0 Å². The zero-order valence-electron chi connectivity index (χ0n) is 11.2. The van der Waals surface area contributed by atoms with E-state index >= 15 is 0 Å². The quantitative estimate of drug-likeness (QED) is 0.822. The monoisotopic (exact) mass is 371 g/mol. The highest BCUT2D eigenvalue weighted by Gasteiger charge is 2.28. The summed E-state index contributed by atoms with van der Waals surface area (Å²) >= 11 is 9.11. The molecular formula is C14H12BrClFN3O. The molecule has 1 aliphatic carbocycles. The molecule has 110 valence electrons. The van der Waals surface area contributed by atoms with Gasteiger partial charge in [-0.2, -0.15) is 5.26 Å². The summed E-state index contributed by atoms with van der Waals surface area (Å²) in [5.41, 5.74) is 5.68. The van der Waals surface area contributed by atoms with Crippen LogP contribution in [0.5, 0.6) is 5.75 Å². The molecule has 0 spiro atoms. The van der Waals surface area contributed by atoms with Crippen LogP contribution in [-0.2, 0) is 0 Å². The maximum absolute atomic E-state index is 14.4. The Morgan fingerprint density at radius 1 is 1.67 bits per heavy atom. The molecule has 1 aromatic rings. The molecule has 0 amide bonds. The molecule has 1 fully saturated rings. The molecule has 2 rings (SSSR count). The largest absolute Gasteiger partial charge is 0.489 e. The Hall–Kier alpha value is -1.58. The fraction of sp³-hybridized carbons (Fsp3) is 0.286. The van der Waals surface area contributed by atoms with Crippen LogP contribution in [-0.4, -0.2) is 18.9 Å². The third-order valence-electron chi connectivity index (χ3n) is 2.95. The lowest BCUT2D eigenvalue weighted by Gasteiger charge is -2.14. The Bertz CT molecular complexity index is 678. The summed E-state index contributed by atoms with van der Waals surface area (Å²) in [5, 5.41) is 9.26. The van der Waals surface area contributed by atoms with Crippen LogP contribution in [0.1, 0.15) is 24.0 Å². The number of hydrogen-bond acceptors (Lipinski definition) is 4. The van der Waals surface area contributed by atoms with Crippen LogP contribution in [0, 0.1) is 17.1 Å². The number of ether oxygens (including phenoxy) is 1. The fourth-order valence-corrected chi connectivity index (χ4v) is 2.38. The summed E-state index contributed by atoms with van der Waals surface area (Å²) in [6, 6.07) is 3.29. The minimum atomic E-state index is -0.726. The number of aliphatic imine (C=N–C) groups is 1. The highest BCUT2D eigenvalue weighted by Crippen LogP contribution is 2.36. The first-order valence-corrected chi connectivity index (χ1v) is 7.34. The number of allylic oxidation sites excluding steroid dienone is 1. The maximum Gasteiger partial charge on any atom is 0.152 e. The van der Waals surface area contributed by atoms with Gasteiger partial charge in [-0.1, -0.05) is 11.6 Å². The van der Waals surface area contributed by atoms with Crippen molar-refractivity contribution in [1.82, 2.24) is 0 Å². The zero-order chi connectivity index (χ0) is 15.6. The van der Waals surface area contributed by atoms with E-state index < -0.39 is 5.82 Å². The van der Waals surface area contributed by atoms with Gasteiger partial charge in [-0.15, -0.1) is 0 Å². The van der Waals surface area contributed by atoms with Crippen LogP contribution in [0.4, 0.5) is 4.39 Å². The van der Waals surface area contributed by atoms with E-state index in [1.807, 2.05) is 6.07 Å². The van der Waals surface area contributed by atoms with E-state index in [0.717, 1.165) is 12.8 Å². The van der Waals surface area contributed by atoms with Gasteiger partial charge in [0.2, 0.25) is 0 Å². The van der Waals surface area contributed by atoms with E-state index in [1.54, 1.807) is 0 Å². The van der Waals surface area contributed by atoms with Gasteiger partial charge in [0.05, 0.1) is 26.9 Å². The van der Waals surface area contributed by atoms with E-state index in [1.165, 1.54) is 19.3 Å². The predicted octanol–water partition coefficient (Wildman–Crippen LogP) is 3.51. The zero-order valence-corrected chi connectivity index (χ0v) is 13.5. The van der Waals surface area contributed by atoms with Crippen molar-refractivity contribution >= 4 is 33.2 Å². The van der Waals surface area contributed by atoms with Crippen molar-refractivity contribution in [2.75, 3.05) is 7.05 Å². The second-order valence-corrected chi connectivity index (χ2v) is 5.70. The molecule has 0 aromatic heterocycles. The highest BCUT2D eigenvalue weighted by atomic mass is 79.9. The Morgan fingerprint density at radius 3 is 2.81 bits per heavy atom. The molecule has 21 heavy (non-hydrogen) atoms. The molecule has 2 N–H and O–H groups in total. The van der Waals surface area contributed by atoms with Crippen LogP contribution >= 0.6 is 27.5 Å².